The Kier molecular flexibility index (Phi) is 5.05. The van der Waals surface area contributed by atoms with E-state index in [0.29, 0.717) is 12.1 Å². The molecule has 1 N–H and O–H groups in total. The van der Waals surface area contributed by atoms with Gasteiger partial charge in [-0.2, -0.15) is 0 Å². The van der Waals surface area contributed by atoms with E-state index in [1.54, 1.807) is 6.07 Å². The van der Waals surface area contributed by atoms with Crippen LogP contribution in [0.2, 0.25) is 0 Å². The Labute approximate surface area is 130 Å². The second kappa shape index (κ2) is 6.99. The predicted octanol–water partition coefficient (Wildman–Crippen LogP) is 3.54. The topological polar surface area (TPSA) is 72.2 Å². The van der Waals surface area contributed by atoms with E-state index in [9.17, 15) is 14.9 Å². The smallest absolute Gasteiger partial charge is 0.271 e. The Morgan fingerprint density at radius 2 is 1.90 bits per heavy atom. The second-order valence-electron chi connectivity index (χ2n) is 4.45. The maximum absolute atomic E-state index is 12.1. The lowest BCUT2D eigenvalue weighted by Gasteiger charge is -2.11. The molecule has 1 amide bonds. The van der Waals surface area contributed by atoms with Crippen molar-refractivity contribution in [2.45, 2.75) is 11.2 Å². The second-order valence-corrected chi connectivity index (χ2v) is 5.56. The Bertz CT molecular complexity index is 646. The summed E-state index contributed by atoms with van der Waals surface area (Å²) in [5, 5.41) is 13.4. The quantitative estimate of drug-likeness (QED) is 0.510. The Morgan fingerprint density at radius 1 is 1.19 bits per heavy atom. The van der Waals surface area contributed by atoms with Gasteiger partial charge in [0.05, 0.1) is 9.75 Å². The average molecular weight is 349 g/mol. The number of halogens is 1. The minimum atomic E-state index is -0.495. The number of hydrogen-bond acceptors (Lipinski definition) is 3. The predicted molar refractivity (Wildman–Crippen MR) is 84.6 cm³/mol. The number of non-ortho nitro benzene ring substituents is 1. The molecule has 6 heteroatoms. The molecule has 0 aliphatic carbocycles. The van der Waals surface area contributed by atoms with Crippen LogP contribution in [0.25, 0.3) is 0 Å². The summed E-state index contributed by atoms with van der Waals surface area (Å²) in [6.45, 7) is 0. The number of nitro groups is 1. The SMILES string of the molecule is O=C(Nc1cccc([N+](=O)[O-])c1)C(Br)Cc1ccccc1. The van der Waals surface area contributed by atoms with Gasteiger partial charge < -0.3 is 5.32 Å². The Hall–Kier alpha value is -2.21. The van der Waals surface area contributed by atoms with Crippen molar-refractivity contribution in [2.75, 3.05) is 5.32 Å². The lowest BCUT2D eigenvalue weighted by Crippen LogP contribution is -2.24. The highest BCUT2D eigenvalue weighted by Crippen LogP contribution is 2.18. The number of amides is 1. The summed E-state index contributed by atoms with van der Waals surface area (Å²) in [5.41, 5.74) is 1.39. The third kappa shape index (κ3) is 4.39. The fourth-order valence-corrected chi connectivity index (χ4v) is 2.32. The highest BCUT2D eigenvalue weighted by Gasteiger charge is 2.16. The van der Waals surface area contributed by atoms with Gasteiger partial charge in [0.15, 0.2) is 0 Å². The van der Waals surface area contributed by atoms with Crippen molar-refractivity contribution >= 4 is 33.2 Å². The summed E-state index contributed by atoms with van der Waals surface area (Å²) >= 11 is 3.34. The van der Waals surface area contributed by atoms with Crippen LogP contribution in [0.4, 0.5) is 11.4 Å². The average Bonchev–Trinajstić information content (AvgIpc) is 2.48. The maximum atomic E-state index is 12.1. The van der Waals surface area contributed by atoms with Gasteiger partial charge in [0, 0.05) is 17.8 Å². The van der Waals surface area contributed by atoms with Crippen LogP contribution in [0.1, 0.15) is 5.56 Å². The molecule has 0 saturated carbocycles. The van der Waals surface area contributed by atoms with Gasteiger partial charge in [-0.25, -0.2) is 0 Å². The lowest BCUT2D eigenvalue weighted by molar-refractivity contribution is -0.384. The van der Waals surface area contributed by atoms with E-state index in [0.717, 1.165) is 5.56 Å². The van der Waals surface area contributed by atoms with E-state index >= 15 is 0 Å². The number of rotatable bonds is 5. The van der Waals surface area contributed by atoms with Crippen LogP contribution in [0.15, 0.2) is 54.6 Å². The van der Waals surface area contributed by atoms with Crippen molar-refractivity contribution in [3.63, 3.8) is 0 Å². The minimum absolute atomic E-state index is 0.0537. The zero-order valence-corrected chi connectivity index (χ0v) is 12.6. The number of benzene rings is 2. The van der Waals surface area contributed by atoms with Gasteiger partial charge in [0.1, 0.15) is 0 Å². The van der Waals surface area contributed by atoms with Crippen molar-refractivity contribution in [3.8, 4) is 0 Å². The van der Waals surface area contributed by atoms with Crippen LogP contribution >= 0.6 is 15.9 Å². The third-order valence-electron chi connectivity index (χ3n) is 2.87. The molecule has 0 bridgehead atoms. The van der Waals surface area contributed by atoms with Crippen molar-refractivity contribution in [1.29, 1.82) is 0 Å². The number of carbonyl (C=O) groups excluding carboxylic acids is 1. The molecule has 0 radical (unpaired) electrons. The fraction of sp³-hybridized carbons (Fsp3) is 0.133. The van der Waals surface area contributed by atoms with Crippen LogP contribution in [-0.4, -0.2) is 15.7 Å². The first-order chi connectivity index (χ1) is 10.1. The number of alkyl halides is 1. The molecule has 5 nitrogen and oxygen atoms in total. The number of nitrogens with zero attached hydrogens (tertiary/aromatic N) is 1. The van der Waals surface area contributed by atoms with Gasteiger partial charge >= 0.3 is 0 Å². The summed E-state index contributed by atoms with van der Waals surface area (Å²) in [5.74, 6) is -0.237. The van der Waals surface area contributed by atoms with Crippen molar-refractivity contribution in [3.05, 3.63) is 70.3 Å². The van der Waals surface area contributed by atoms with Gasteiger partial charge in [-0.15, -0.1) is 0 Å². The Balaban J connectivity index is 2.00. The Morgan fingerprint density at radius 3 is 2.57 bits per heavy atom. The standard InChI is InChI=1S/C15H13BrN2O3/c16-14(9-11-5-2-1-3-6-11)15(19)17-12-7-4-8-13(10-12)18(20)21/h1-8,10,14H,9H2,(H,17,19). The fourth-order valence-electron chi connectivity index (χ4n) is 1.83. The summed E-state index contributed by atoms with van der Waals surface area (Å²) in [6.07, 6.45) is 0.543. The molecule has 0 aliphatic rings. The van der Waals surface area contributed by atoms with E-state index in [1.165, 1.54) is 18.2 Å². The monoisotopic (exact) mass is 348 g/mol. The molecular weight excluding hydrogens is 336 g/mol. The van der Waals surface area contributed by atoms with E-state index in [2.05, 4.69) is 21.2 Å². The number of carbonyl (C=O) groups is 1. The van der Waals surface area contributed by atoms with Gasteiger partial charge in [-0.05, 0) is 18.1 Å². The molecule has 108 valence electrons. The molecule has 2 aromatic carbocycles. The first-order valence-corrected chi connectivity index (χ1v) is 7.21. The lowest BCUT2D eigenvalue weighted by atomic mass is 10.1. The molecule has 0 fully saturated rings. The highest BCUT2D eigenvalue weighted by molar-refractivity contribution is 9.10. The number of nitrogens with one attached hydrogen (secondary N) is 1. The molecule has 2 rings (SSSR count). The van der Waals surface area contributed by atoms with Gasteiger partial charge in [-0.3, -0.25) is 14.9 Å². The summed E-state index contributed by atoms with van der Waals surface area (Å²) in [7, 11) is 0. The first kappa shape index (κ1) is 15.2. The van der Waals surface area contributed by atoms with Crippen molar-refractivity contribution < 1.29 is 9.72 Å². The summed E-state index contributed by atoms with van der Waals surface area (Å²) in [4.78, 5) is 21.9. The van der Waals surface area contributed by atoms with Crippen molar-refractivity contribution in [1.82, 2.24) is 0 Å². The number of hydrogen-bond donors (Lipinski definition) is 1. The minimum Gasteiger partial charge on any atom is -0.325 e. The highest BCUT2D eigenvalue weighted by atomic mass is 79.9. The molecular formula is C15H13BrN2O3. The molecule has 0 saturated heterocycles. The molecule has 0 aromatic heterocycles. The largest absolute Gasteiger partial charge is 0.325 e. The molecule has 2 aromatic rings. The number of nitro benzene ring substituents is 1. The van der Waals surface area contributed by atoms with Crippen LogP contribution in [0.3, 0.4) is 0 Å². The van der Waals surface area contributed by atoms with E-state index in [1.807, 2.05) is 30.3 Å². The summed E-state index contributed by atoms with van der Waals surface area (Å²) in [6, 6.07) is 15.5. The van der Waals surface area contributed by atoms with Crippen LogP contribution in [0.5, 0.6) is 0 Å². The first-order valence-electron chi connectivity index (χ1n) is 6.29. The molecule has 1 unspecified atom stereocenters. The van der Waals surface area contributed by atoms with Gasteiger partial charge in [0.2, 0.25) is 5.91 Å². The van der Waals surface area contributed by atoms with Crippen LogP contribution < -0.4 is 5.32 Å². The number of anilines is 1. The van der Waals surface area contributed by atoms with Crippen LogP contribution in [-0.2, 0) is 11.2 Å². The maximum Gasteiger partial charge on any atom is 0.271 e. The van der Waals surface area contributed by atoms with E-state index in [-0.39, 0.29) is 11.6 Å². The molecule has 0 aliphatic heterocycles. The van der Waals surface area contributed by atoms with E-state index in [4.69, 9.17) is 0 Å². The van der Waals surface area contributed by atoms with Crippen LogP contribution in [0, 0.1) is 10.1 Å². The normalized spacial score (nSPS) is 11.7. The van der Waals surface area contributed by atoms with E-state index < -0.39 is 9.75 Å². The zero-order valence-electron chi connectivity index (χ0n) is 11.0. The zero-order chi connectivity index (χ0) is 15.2. The third-order valence-corrected chi connectivity index (χ3v) is 3.61. The molecule has 0 spiro atoms. The molecule has 1 atom stereocenters. The summed E-state index contributed by atoms with van der Waals surface area (Å²) < 4.78 is 0. The molecule has 0 heterocycles. The molecule has 21 heavy (non-hydrogen) atoms. The van der Waals surface area contributed by atoms with Crippen molar-refractivity contribution in [2.24, 2.45) is 0 Å². The van der Waals surface area contributed by atoms with Gasteiger partial charge in [0.25, 0.3) is 5.69 Å². The van der Waals surface area contributed by atoms with Gasteiger partial charge in [-0.1, -0.05) is 52.3 Å².